The van der Waals surface area contributed by atoms with Gasteiger partial charge in [-0.1, -0.05) is 270 Å². The fraction of sp³-hybridized carbons (Fsp3) is 0.881. The third kappa shape index (κ3) is 52.7. The fourth-order valence-electron chi connectivity index (χ4n) is 8.59. The highest BCUT2D eigenvalue weighted by Gasteiger charge is 2.19. The summed E-state index contributed by atoms with van der Waals surface area (Å²) in [5.41, 5.74) is 0. The van der Waals surface area contributed by atoms with Crippen molar-refractivity contribution in [3.8, 4) is 0 Å². The van der Waals surface area contributed by atoms with Gasteiger partial charge >= 0.3 is 17.9 Å². The van der Waals surface area contributed by atoms with Gasteiger partial charge in [-0.15, -0.1) is 0 Å². The summed E-state index contributed by atoms with van der Waals surface area (Å²) in [5, 5.41) is 0. The summed E-state index contributed by atoms with van der Waals surface area (Å²) in [6.07, 6.45) is 63.3. The van der Waals surface area contributed by atoms with E-state index in [1.54, 1.807) is 0 Å². The second-order valence-corrected chi connectivity index (χ2v) is 19.6. The number of hydrogen-bond acceptors (Lipinski definition) is 6. The van der Waals surface area contributed by atoms with Crippen LogP contribution < -0.4 is 0 Å². The Morgan fingerprint density at radius 1 is 0.308 bits per heavy atom. The van der Waals surface area contributed by atoms with Gasteiger partial charge < -0.3 is 14.2 Å². The summed E-state index contributed by atoms with van der Waals surface area (Å²) in [6, 6.07) is 0. The van der Waals surface area contributed by atoms with Crippen molar-refractivity contribution in [2.75, 3.05) is 13.2 Å². The number of hydrogen-bond donors (Lipinski definition) is 0. The molecule has 0 bridgehead atoms. The second-order valence-electron chi connectivity index (χ2n) is 19.6. The normalized spacial score (nSPS) is 12.1. The number of ether oxygens (including phenoxy) is 3. The minimum absolute atomic E-state index is 0.0696. The van der Waals surface area contributed by atoms with Gasteiger partial charge in [-0.05, 0) is 51.4 Å². The van der Waals surface area contributed by atoms with Crippen molar-refractivity contribution in [3.63, 3.8) is 0 Å². The molecule has 0 aliphatic heterocycles. The van der Waals surface area contributed by atoms with Crippen molar-refractivity contribution < 1.29 is 28.6 Å². The molecule has 65 heavy (non-hydrogen) atoms. The first-order valence-electron chi connectivity index (χ1n) is 28.8. The lowest BCUT2D eigenvalue weighted by molar-refractivity contribution is -0.167. The van der Waals surface area contributed by atoms with Crippen LogP contribution in [0.1, 0.15) is 316 Å². The predicted octanol–water partition coefficient (Wildman–Crippen LogP) is 19.1. The van der Waals surface area contributed by atoms with Crippen molar-refractivity contribution in [2.45, 2.75) is 322 Å². The highest BCUT2D eigenvalue weighted by molar-refractivity contribution is 5.71. The van der Waals surface area contributed by atoms with Crippen LogP contribution >= 0.6 is 0 Å². The molecule has 0 heterocycles. The highest BCUT2D eigenvalue weighted by Crippen LogP contribution is 2.17. The molecule has 0 radical (unpaired) electrons. The molecule has 0 aliphatic carbocycles. The number of allylic oxidation sites excluding steroid dienone is 4. The molecule has 0 aromatic heterocycles. The van der Waals surface area contributed by atoms with E-state index in [2.05, 4.69) is 45.1 Å². The zero-order valence-electron chi connectivity index (χ0n) is 43.8. The summed E-state index contributed by atoms with van der Waals surface area (Å²) >= 11 is 0. The van der Waals surface area contributed by atoms with E-state index < -0.39 is 6.10 Å². The lowest BCUT2D eigenvalue weighted by atomic mass is 10.0. The average molecular weight is 916 g/mol. The maximum atomic E-state index is 12.8. The molecule has 0 saturated carbocycles. The average Bonchev–Trinajstić information content (AvgIpc) is 3.30. The van der Waals surface area contributed by atoms with Gasteiger partial charge in [0.2, 0.25) is 0 Å². The van der Waals surface area contributed by atoms with Gasteiger partial charge in [-0.25, -0.2) is 0 Å². The molecule has 1 atom stereocenters. The van der Waals surface area contributed by atoms with Crippen LogP contribution in [-0.4, -0.2) is 37.2 Å². The van der Waals surface area contributed by atoms with Crippen molar-refractivity contribution >= 4 is 17.9 Å². The first-order valence-corrected chi connectivity index (χ1v) is 28.8. The molecule has 6 heteroatoms. The van der Waals surface area contributed by atoms with Crippen molar-refractivity contribution in [1.29, 1.82) is 0 Å². The first-order chi connectivity index (χ1) is 32.0. The monoisotopic (exact) mass is 915 g/mol. The van der Waals surface area contributed by atoms with E-state index in [-0.39, 0.29) is 31.1 Å². The Balaban J connectivity index is 4.19. The summed E-state index contributed by atoms with van der Waals surface area (Å²) in [7, 11) is 0. The Hall–Kier alpha value is -2.11. The summed E-state index contributed by atoms with van der Waals surface area (Å²) in [5.74, 6) is -0.863. The molecule has 0 fully saturated rings. The van der Waals surface area contributed by atoms with Crippen molar-refractivity contribution in [1.82, 2.24) is 0 Å². The van der Waals surface area contributed by atoms with Gasteiger partial charge in [0.25, 0.3) is 0 Å². The number of rotatable bonds is 53. The molecule has 0 N–H and O–H groups in total. The molecule has 0 aliphatic rings. The van der Waals surface area contributed by atoms with Crippen molar-refractivity contribution in [2.24, 2.45) is 0 Å². The van der Waals surface area contributed by atoms with Crippen LogP contribution in [0, 0.1) is 0 Å². The van der Waals surface area contributed by atoms with Crippen LogP contribution in [0.25, 0.3) is 0 Å². The van der Waals surface area contributed by atoms with Crippen molar-refractivity contribution in [3.05, 3.63) is 24.3 Å². The lowest BCUT2D eigenvalue weighted by Gasteiger charge is -2.18. The Kier molecular flexibility index (Phi) is 52.7. The smallest absolute Gasteiger partial charge is 0.306 e. The third-order valence-corrected chi connectivity index (χ3v) is 13.0. The van der Waals surface area contributed by atoms with Gasteiger partial charge in [0.05, 0.1) is 0 Å². The molecule has 0 rings (SSSR count). The Bertz CT molecular complexity index is 1050. The maximum Gasteiger partial charge on any atom is 0.306 e. The molecule has 6 nitrogen and oxygen atoms in total. The predicted molar refractivity (Wildman–Crippen MR) is 279 cm³/mol. The van der Waals surface area contributed by atoms with E-state index >= 15 is 0 Å². The number of unbranched alkanes of at least 4 members (excludes halogenated alkanes) is 38. The molecule has 0 aromatic carbocycles. The molecule has 382 valence electrons. The van der Waals surface area contributed by atoms with Gasteiger partial charge in [0.1, 0.15) is 13.2 Å². The molecule has 0 saturated heterocycles. The number of carbonyl (C=O) groups excluding carboxylic acids is 3. The Morgan fingerprint density at radius 3 is 0.862 bits per heavy atom. The fourth-order valence-corrected chi connectivity index (χ4v) is 8.59. The number of esters is 3. The minimum atomic E-state index is -0.769. The van der Waals surface area contributed by atoms with Gasteiger partial charge in [-0.3, -0.25) is 14.4 Å². The zero-order valence-corrected chi connectivity index (χ0v) is 43.8. The SMILES string of the molecule is CCCCCC/C=C\C/C=C\CCCCCCCCCC(=O)OC(COC(=O)CCCCCCCCCC)COC(=O)CCCCCCCCCCCCCCCCCCCCCCC. The van der Waals surface area contributed by atoms with Gasteiger partial charge in [0.15, 0.2) is 6.10 Å². The summed E-state index contributed by atoms with van der Waals surface area (Å²) in [4.78, 5) is 38.0. The molecular formula is C59H110O6. The lowest BCUT2D eigenvalue weighted by Crippen LogP contribution is -2.30. The topological polar surface area (TPSA) is 78.9 Å². The summed E-state index contributed by atoms with van der Waals surface area (Å²) in [6.45, 7) is 6.63. The molecular weight excluding hydrogens is 805 g/mol. The zero-order chi connectivity index (χ0) is 47.2. The van der Waals surface area contributed by atoms with E-state index in [0.717, 1.165) is 70.6 Å². The van der Waals surface area contributed by atoms with Gasteiger partial charge in [-0.2, -0.15) is 0 Å². The van der Waals surface area contributed by atoms with Crippen LogP contribution in [0.4, 0.5) is 0 Å². The molecule has 0 amide bonds. The second kappa shape index (κ2) is 54.5. The maximum absolute atomic E-state index is 12.8. The van der Waals surface area contributed by atoms with Crippen LogP contribution in [0.2, 0.25) is 0 Å². The third-order valence-electron chi connectivity index (χ3n) is 13.0. The first kappa shape index (κ1) is 62.9. The highest BCUT2D eigenvalue weighted by atomic mass is 16.6. The Morgan fingerprint density at radius 2 is 0.554 bits per heavy atom. The Labute approximate surface area is 404 Å². The van der Waals surface area contributed by atoms with E-state index in [1.807, 2.05) is 0 Å². The van der Waals surface area contributed by atoms with E-state index in [4.69, 9.17) is 14.2 Å². The van der Waals surface area contributed by atoms with Gasteiger partial charge in [0, 0.05) is 19.3 Å². The van der Waals surface area contributed by atoms with E-state index in [0.29, 0.717) is 19.3 Å². The number of carbonyl (C=O) groups is 3. The van der Waals surface area contributed by atoms with Crippen LogP contribution in [0.5, 0.6) is 0 Å². The van der Waals surface area contributed by atoms with Crippen LogP contribution in [0.3, 0.4) is 0 Å². The van der Waals surface area contributed by atoms with E-state index in [1.165, 1.54) is 205 Å². The van der Waals surface area contributed by atoms with Crippen LogP contribution in [0.15, 0.2) is 24.3 Å². The molecule has 1 unspecified atom stereocenters. The molecule has 0 spiro atoms. The summed E-state index contributed by atoms with van der Waals surface area (Å²) < 4.78 is 16.8. The quantitative estimate of drug-likeness (QED) is 0.0262. The largest absolute Gasteiger partial charge is 0.462 e. The molecule has 0 aromatic rings. The standard InChI is InChI=1S/C59H110O6/c1-4-7-10-13-16-19-21-23-25-27-29-30-31-33-34-36-38-40-43-46-49-52-58(61)64-55-56(54-63-57(60)51-48-45-42-18-15-12-9-6-3)65-59(62)53-50-47-44-41-39-37-35-32-28-26-24-22-20-17-14-11-8-5-2/h20,22,26,28,56H,4-19,21,23-25,27,29-55H2,1-3H3/b22-20-,28-26-. The van der Waals surface area contributed by atoms with Crippen LogP contribution in [-0.2, 0) is 28.6 Å². The minimum Gasteiger partial charge on any atom is -0.462 e. The van der Waals surface area contributed by atoms with E-state index in [9.17, 15) is 14.4 Å².